The molecule has 1 aliphatic carbocycles. The highest BCUT2D eigenvalue weighted by atomic mass is 14.7. The van der Waals surface area contributed by atoms with Crippen LogP contribution in [-0.4, -0.2) is 9.97 Å². The summed E-state index contributed by atoms with van der Waals surface area (Å²) in [5.41, 5.74) is 10.0. The molecule has 2 heteroatoms. The summed E-state index contributed by atoms with van der Waals surface area (Å²) in [5, 5.41) is 2.60. The lowest BCUT2D eigenvalue weighted by Crippen LogP contribution is -2.12. The SMILES string of the molecule is CC(C)Cc1ccc2c(n1)CCc1cnc(-c3cc(C(C)(C)C)c4ccccc4c3)cc1-2. The first-order valence-corrected chi connectivity index (χ1v) is 11.8. The quantitative estimate of drug-likeness (QED) is 0.342. The number of hydrogen-bond acceptors (Lipinski definition) is 2. The van der Waals surface area contributed by atoms with Crippen molar-refractivity contribution in [3.8, 4) is 22.4 Å². The molecule has 4 aromatic rings. The number of benzene rings is 2. The molecule has 2 aromatic heterocycles. The fraction of sp³-hybridized carbons (Fsp3) is 0.333. The van der Waals surface area contributed by atoms with Gasteiger partial charge >= 0.3 is 0 Å². The molecule has 0 fully saturated rings. The van der Waals surface area contributed by atoms with Gasteiger partial charge in [0.05, 0.1) is 5.69 Å². The van der Waals surface area contributed by atoms with Crippen LogP contribution in [0.4, 0.5) is 0 Å². The zero-order valence-corrected chi connectivity index (χ0v) is 19.9. The number of aromatic nitrogens is 2. The second-order valence-electron chi connectivity index (χ2n) is 10.6. The number of nitrogens with zero attached hydrogens (tertiary/aromatic N) is 2. The Kier molecular flexibility index (Phi) is 5.12. The van der Waals surface area contributed by atoms with Gasteiger partial charge in [-0.05, 0) is 82.3 Å². The third-order valence-electron chi connectivity index (χ3n) is 6.52. The van der Waals surface area contributed by atoms with Crippen molar-refractivity contribution in [1.29, 1.82) is 0 Å². The van der Waals surface area contributed by atoms with Gasteiger partial charge < -0.3 is 0 Å². The van der Waals surface area contributed by atoms with Crippen molar-refractivity contribution in [3.05, 3.63) is 83.3 Å². The van der Waals surface area contributed by atoms with Crippen LogP contribution in [0, 0.1) is 5.92 Å². The van der Waals surface area contributed by atoms with Gasteiger partial charge in [-0.2, -0.15) is 0 Å². The highest BCUT2D eigenvalue weighted by molar-refractivity contribution is 5.91. The molecule has 0 saturated heterocycles. The topological polar surface area (TPSA) is 25.8 Å². The summed E-state index contributed by atoms with van der Waals surface area (Å²) in [5.74, 6) is 0.622. The van der Waals surface area contributed by atoms with Crippen LogP contribution in [0.3, 0.4) is 0 Å². The van der Waals surface area contributed by atoms with Crippen molar-refractivity contribution in [1.82, 2.24) is 9.97 Å². The fourth-order valence-corrected chi connectivity index (χ4v) is 4.94. The molecule has 0 N–H and O–H groups in total. The maximum absolute atomic E-state index is 5.02. The second kappa shape index (κ2) is 7.85. The first-order chi connectivity index (χ1) is 15.3. The summed E-state index contributed by atoms with van der Waals surface area (Å²) in [4.78, 5) is 9.92. The number of aryl methyl sites for hydroxylation is 2. The van der Waals surface area contributed by atoms with Crippen molar-refractivity contribution in [2.75, 3.05) is 0 Å². The van der Waals surface area contributed by atoms with Gasteiger partial charge in [-0.3, -0.25) is 9.97 Å². The van der Waals surface area contributed by atoms with E-state index >= 15 is 0 Å². The minimum atomic E-state index is 0.0627. The summed E-state index contributed by atoms with van der Waals surface area (Å²) in [7, 11) is 0. The average Bonchev–Trinajstić information content (AvgIpc) is 2.76. The molecule has 0 spiro atoms. The van der Waals surface area contributed by atoms with Crippen LogP contribution in [0.5, 0.6) is 0 Å². The molecule has 1 aliphatic rings. The molecule has 0 saturated carbocycles. The largest absolute Gasteiger partial charge is 0.257 e. The summed E-state index contributed by atoms with van der Waals surface area (Å²) in [6.07, 6.45) is 5.13. The maximum Gasteiger partial charge on any atom is 0.0708 e. The minimum Gasteiger partial charge on any atom is -0.257 e. The molecule has 0 atom stereocenters. The molecular weight excluding hydrogens is 388 g/mol. The number of pyridine rings is 2. The fourth-order valence-electron chi connectivity index (χ4n) is 4.94. The number of rotatable bonds is 3. The average molecular weight is 421 g/mol. The van der Waals surface area contributed by atoms with E-state index in [1.165, 1.54) is 50.0 Å². The summed E-state index contributed by atoms with van der Waals surface area (Å²) in [6.45, 7) is 11.4. The van der Waals surface area contributed by atoms with Gasteiger partial charge in [0.25, 0.3) is 0 Å². The third kappa shape index (κ3) is 3.83. The van der Waals surface area contributed by atoms with Crippen molar-refractivity contribution in [2.24, 2.45) is 5.92 Å². The Hall–Kier alpha value is -3.00. The molecule has 0 radical (unpaired) electrons. The molecule has 162 valence electrons. The molecule has 0 aliphatic heterocycles. The highest BCUT2D eigenvalue weighted by Gasteiger charge is 2.21. The highest BCUT2D eigenvalue weighted by Crippen LogP contribution is 2.38. The normalized spacial score (nSPS) is 13.3. The van der Waals surface area contributed by atoms with Crippen LogP contribution in [0.25, 0.3) is 33.2 Å². The molecule has 5 rings (SSSR count). The minimum absolute atomic E-state index is 0.0627. The van der Waals surface area contributed by atoms with E-state index in [1.54, 1.807) is 0 Å². The van der Waals surface area contributed by atoms with Gasteiger partial charge in [0.2, 0.25) is 0 Å². The van der Waals surface area contributed by atoms with E-state index in [0.29, 0.717) is 5.92 Å². The van der Waals surface area contributed by atoms with Gasteiger partial charge in [-0.1, -0.05) is 65.0 Å². The number of hydrogen-bond donors (Lipinski definition) is 0. The Morgan fingerprint density at radius 2 is 1.72 bits per heavy atom. The Morgan fingerprint density at radius 3 is 2.50 bits per heavy atom. The zero-order valence-electron chi connectivity index (χ0n) is 19.9. The van der Waals surface area contributed by atoms with Crippen molar-refractivity contribution in [2.45, 2.75) is 59.3 Å². The van der Waals surface area contributed by atoms with Crippen LogP contribution >= 0.6 is 0 Å². The maximum atomic E-state index is 5.02. The third-order valence-corrected chi connectivity index (χ3v) is 6.52. The van der Waals surface area contributed by atoms with E-state index in [-0.39, 0.29) is 5.41 Å². The lowest BCUT2D eigenvalue weighted by Gasteiger charge is -2.23. The van der Waals surface area contributed by atoms with Crippen LogP contribution in [0.2, 0.25) is 0 Å². The van der Waals surface area contributed by atoms with Gasteiger partial charge in [-0.15, -0.1) is 0 Å². The lowest BCUT2D eigenvalue weighted by molar-refractivity contribution is 0.596. The molecular formula is C30H32N2. The summed E-state index contributed by atoms with van der Waals surface area (Å²) >= 11 is 0. The molecule has 32 heavy (non-hydrogen) atoms. The predicted molar refractivity (Wildman–Crippen MR) is 135 cm³/mol. The Labute approximate surface area is 191 Å². The molecule has 2 heterocycles. The summed E-state index contributed by atoms with van der Waals surface area (Å²) < 4.78 is 0. The number of fused-ring (bicyclic) bond motifs is 4. The van der Waals surface area contributed by atoms with E-state index < -0.39 is 0 Å². The Bertz CT molecular complexity index is 1310. The lowest BCUT2D eigenvalue weighted by atomic mass is 9.82. The standard InChI is InChI=1S/C30H32N2/c1-19(2)14-23-11-12-25-26-17-29(31-18-21(26)10-13-28(25)32-23)22-15-20-8-6-7-9-24(20)27(16-22)30(3,4)5/h6-9,11-12,15-19H,10,13-14H2,1-5H3. The Morgan fingerprint density at radius 1 is 0.906 bits per heavy atom. The van der Waals surface area contributed by atoms with E-state index in [1.807, 2.05) is 0 Å². The van der Waals surface area contributed by atoms with Crippen molar-refractivity contribution >= 4 is 10.8 Å². The van der Waals surface area contributed by atoms with E-state index in [4.69, 9.17) is 9.97 Å². The van der Waals surface area contributed by atoms with Crippen LogP contribution in [-0.2, 0) is 24.7 Å². The first-order valence-electron chi connectivity index (χ1n) is 11.8. The molecule has 2 aromatic carbocycles. The Balaban J connectivity index is 1.63. The summed E-state index contributed by atoms with van der Waals surface area (Å²) in [6, 6.07) is 20.1. The predicted octanol–water partition coefficient (Wildman–Crippen LogP) is 7.56. The van der Waals surface area contributed by atoms with E-state index in [2.05, 4.69) is 95.4 Å². The second-order valence-corrected chi connectivity index (χ2v) is 10.6. The van der Waals surface area contributed by atoms with Gasteiger partial charge in [0.1, 0.15) is 0 Å². The van der Waals surface area contributed by atoms with Crippen molar-refractivity contribution < 1.29 is 0 Å². The van der Waals surface area contributed by atoms with Crippen LogP contribution in [0.1, 0.15) is 57.1 Å². The van der Waals surface area contributed by atoms with E-state index in [0.717, 1.165) is 25.0 Å². The monoisotopic (exact) mass is 420 g/mol. The van der Waals surface area contributed by atoms with Crippen LogP contribution in [0.15, 0.2) is 60.8 Å². The van der Waals surface area contributed by atoms with E-state index in [9.17, 15) is 0 Å². The molecule has 0 amide bonds. The van der Waals surface area contributed by atoms with Gasteiger partial charge in [0.15, 0.2) is 0 Å². The first kappa shape index (κ1) is 20.9. The molecule has 0 bridgehead atoms. The van der Waals surface area contributed by atoms with Crippen molar-refractivity contribution in [3.63, 3.8) is 0 Å². The van der Waals surface area contributed by atoms with Gasteiger partial charge in [0, 0.05) is 28.7 Å². The molecule has 2 nitrogen and oxygen atoms in total. The van der Waals surface area contributed by atoms with Crippen LogP contribution < -0.4 is 0 Å². The zero-order chi connectivity index (χ0) is 22.5. The molecule has 0 unspecified atom stereocenters. The van der Waals surface area contributed by atoms with Gasteiger partial charge in [-0.25, -0.2) is 0 Å². The smallest absolute Gasteiger partial charge is 0.0708 e.